The lowest BCUT2D eigenvalue weighted by atomic mass is 10.1. The molecule has 3 aromatic heterocycles. The van der Waals surface area contributed by atoms with Crippen molar-refractivity contribution in [3.63, 3.8) is 0 Å². The minimum Gasteiger partial charge on any atom is -0.367 e. The summed E-state index contributed by atoms with van der Waals surface area (Å²) in [6.45, 7) is 3.71. The number of thiophene rings is 1. The van der Waals surface area contributed by atoms with Crippen LogP contribution in [0.1, 0.15) is 50.5 Å². The molecule has 1 fully saturated rings. The van der Waals surface area contributed by atoms with Crippen molar-refractivity contribution in [1.82, 2.24) is 15.0 Å². The van der Waals surface area contributed by atoms with Gasteiger partial charge in [0.2, 0.25) is 5.78 Å². The number of aryl methyl sites for hydroxylation is 1. The molecule has 1 aliphatic carbocycles. The van der Waals surface area contributed by atoms with Gasteiger partial charge in [0.1, 0.15) is 18.0 Å². The molecule has 0 saturated heterocycles. The first kappa shape index (κ1) is 24.8. The molecule has 12 heteroatoms. The normalized spacial score (nSPS) is 19.4. The maximum absolute atomic E-state index is 13.5. The molecule has 36 heavy (non-hydrogen) atoms. The number of carbonyl (C=O) groups excluding carboxylic acids is 1. The molecule has 0 radical (unpaired) electrons. The Morgan fingerprint density at radius 3 is 3.03 bits per heavy atom. The van der Waals surface area contributed by atoms with E-state index in [9.17, 15) is 13.2 Å². The van der Waals surface area contributed by atoms with Crippen LogP contribution in [-0.4, -0.2) is 48.3 Å². The van der Waals surface area contributed by atoms with Gasteiger partial charge < -0.3 is 10.2 Å². The van der Waals surface area contributed by atoms with Crippen LogP contribution in [0.25, 0.3) is 0 Å². The molecule has 1 aliphatic heterocycles. The summed E-state index contributed by atoms with van der Waals surface area (Å²) in [5.41, 5.74) is 2.79. The highest BCUT2D eigenvalue weighted by Gasteiger charge is 2.28. The Morgan fingerprint density at radius 2 is 2.19 bits per heavy atom. The molecule has 10 nitrogen and oxygen atoms in total. The summed E-state index contributed by atoms with van der Waals surface area (Å²) in [6.07, 6.45) is 8.05. The number of pyridine rings is 1. The average Bonchev–Trinajstić information content (AvgIpc) is 3.57. The summed E-state index contributed by atoms with van der Waals surface area (Å²) in [6, 6.07) is 6.09. The van der Waals surface area contributed by atoms with Crippen molar-refractivity contribution in [1.29, 1.82) is 0 Å². The van der Waals surface area contributed by atoms with Crippen molar-refractivity contribution in [2.24, 2.45) is 11.1 Å². The molecule has 0 aromatic carbocycles. The first-order chi connectivity index (χ1) is 17.3. The number of hydrogen-bond donors (Lipinski definition) is 2. The first-order valence-electron chi connectivity index (χ1n) is 11.8. The van der Waals surface area contributed by atoms with Gasteiger partial charge in [0.05, 0.1) is 17.0 Å². The van der Waals surface area contributed by atoms with Gasteiger partial charge in [-0.25, -0.2) is 20.1 Å². The molecule has 0 spiro atoms. The third-order valence-electron chi connectivity index (χ3n) is 6.73. The highest BCUT2D eigenvalue weighted by atomic mass is 32.2. The molecule has 4 heterocycles. The standard InChI is InChI=1S/C24H28N6O4S2/c1-15-18(12-30-8-6-17-3-2-7-27-24(17)30)10-21(35-15)22(31)20-11-26-14-28-23(20)29-19-5-4-16(9-19)13-34-36(25,32)33/h2-3,7,10-11,14,16,19H,4-6,8-9,12-13H2,1H3,(H2,25,32,33)(H,26,28,29)/t16-,19+/m1/s1. The Morgan fingerprint density at radius 1 is 1.33 bits per heavy atom. The fourth-order valence-electron chi connectivity index (χ4n) is 4.91. The third-order valence-corrected chi connectivity index (χ3v) is 8.29. The number of carbonyl (C=O) groups is 1. The summed E-state index contributed by atoms with van der Waals surface area (Å²) < 4.78 is 26.9. The van der Waals surface area contributed by atoms with E-state index < -0.39 is 10.3 Å². The van der Waals surface area contributed by atoms with Crippen LogP contribution in [0, 0.1) is 12.8 Å². The fraction of sp³-hybridized carbons (Fsp3) is 0.417. The van der Waals surface area contributed by atoms with Crippen LogP contribution in [0.15, 0.2) is 36.9 Å². The highest BCUT2D eigenvalue weighted by Crippen LogP contribution is 2.32. The Balaban J connectivity index is 1.27. The molecule has 2 atom stereocenters. The minimum absolute atomic E-state index is 0.0453. The zero-order valence-corrected chi connectivity index (χ0v) is 21.5. The van der Waals surface area contributed by atoms with Crippen LogP contribution < -0.4 is 15.4 Å². The lowest BCUT2D eigenvalue weighted by molar-refractivity contribution is 0.104. The number of anilines is 2. The summed E-state index contributed by atoms with van der Waals surface area (Å²) in [4.78, 5) is 30.4. The molecule has 2 aliphatic rings. The lowest BCUT2D eigenvalue weighted by Crippen LogP contribution is -2.22. The number of nitrogens with zero attached hydrogens (tertiary/aromatic N) is 4. The second kappa shape index (κ2) is 10.2. The fourth-order valence-corrected chi connectivity index (χ4v) is 6.28. The molecule has 190 valence electrons. The molecule has 3 N–H and O–H groups in total. The van der Waals surface area contributed by atoms with Crippen molar-refractivity contribution in [3.05, 3.63) is 63.4 Å². The van der Waals surface area contributed by atoms with Gasteiger partial charge >= 0.3 is 10.3 Å². The summed E-state index contributed by atoms with van der Waals surface area (Å²) in [5.74, 6) is 1.44. The molecule has 3 aromatic rings. The number of ketones is 1. The third kappa shape index (κ3) is 5.56. The summed E-state index contributed by atoms with van der Waals surface area (Å²) >= 11 is 1.48. The Kier molecular flexibility index (Phi) is 7.02. The second-order valence-electron chi connectivity index (χ2n) is 9.26. The van der Waals surface area contributed by atoms with Gasteiger partial charge in [-0.1, -0.05) is 6.07 Å². The van der Waals surface area contributed by atoms with Gasteiger partial charge in [-0.2, -0.15) is 8.42 Å². The number of nitrogens with two attached hydrogens (primary N) is 1. The van der Waals surface area contributed by atoms with Gasteiger partial charge in [0.25, 0.3) is 0 Å². The van der Waals surface area contributed by atoms with E-state index >= 15 is 0 Å². The molecule has 1 saturated carbocycles. The van der Waals surface area contributed by atoms with Gasteiger partial charge in [-0.3, -0.25) is 8.98 Å². The predicted octanol–water partition coefficient (Wildman–Crippen LogP) is 2.84. The van der Waals surface area contributed by atoms with E-state index in [1.165, 1.54) is 23.2 Å². The van der Waals surface area contributed by atoms with E-state index in [4.69, 9.17) is 9.32 Å². The maximum atomic E-state index is 13.5. The number of rotatable bonds is 9. The lowest BCUT2D eigenvalue weighted by Gasteiger charge is -2.17. The van der Waals surface area contributed by atoms with Crippen molar-refractivity contribution in [2.75, 3.05) is 23.4 Å². The van der Waals surface area contributed by atoms with Crippen LogP contribution in [0.2, 0.25) is 0 Å². The van der Waals surface area contributed by atoms with E-state index in [0.717, 1.165) is 42.1 Å². The molecule has 0 bridgehead atoms. The van der Waals surface area contributed by atoms with Crippen molar-refractivity contribution >= 4 is 39.1 Å². The molecular weight excluding hydrogens is 500 g/mol. The van der Waals surface area contributed by atoms with E-state index in [-0.39, 0.29) is 24.3 Å². The van der Waals surface area contributed by atoms with Crippen molar-refractivity contribution < 1.29 is 17.4 Å². The topological polar surface area (TPSA) is 140 Å². The molecule has 5 rings (SSSR count). The molecule has 0 amide bonds. The number of hydrogen-bond acceptors (Lipinski definition) is 10. The van der Waals surface area contributed by atoms with Gasteiger partial charge in [0, 0.05) is 36.4 Å². The maximum Gasteiger partial charge on any atom is 0.333 e. The smallest absolute Gasteiger partial charge is 0.333 e. The van der Waals surface area contributed by atoms with E-state index in [1.807, 2.05) is 25.3 Å². The van der Waals surface area contributed by atoms with Crippen molar-refractivity contribution in [2.45, 2.75) is 45.2 Å². The molecular formula is C24H28N6O4S2. The van der Waals surface area contributed by atoms with Gasteiger partial charge in [-0.15, -0.1) is 11.3 Å². The Labute approximate surface area is 214 Å². The van der Waals surface area contributed by atoms with E-state index in [2.05, 4.69) is 31.2 Å². The van der Waals surface area contributed by atoms with Gasteiger partial charge in [0.15, 0.2) is 0 Å². The van der Waals surface area contributed by atoms with Crippen molar-refractivity contribution in [3.8, 4) is 0 Å². The minimum atomic E-state index is -3.95. The quantitative estimate of drug-likeness (QED) is 0.401. The number of aromatic nitrogens is 3. The number of nitrogens with one attached hydrogen (secondary N) is 1. The van der Waals surface area contributed by atoms with Crippen LogP contribution >= 0.6 is 11.3 Å². The SMILES string of the molecule is Cc1sc(C(=O)c2cncnc2N[C@H]2CC[C@@H](COS(N)(=O)=O)C2)cc1CN1CCc2cccnc21. The average molecular weight is 529 g/mol. The van der Waals surface area contributed by atoms with Crippen LogP contribution in [0.4, 0.5) is 11.6 Å². The van der Waals surface area contributed by atoms with Crippen LogP contribution in [-0.2, 0) is 27.5 Å². The number of fused-ring (bicyclic) bond motifs is 1. The second-order valence-corrected chi connectivity index (χ2v) is 11.7. The Bertz CT molecular complexity index is 1380. The monoisotopic (exact) mass is 528 g/mol. The van der Waals surface area contributed by atoms with E-state index in [1.54, 1.807) is 6.20 Å². The first-order valence-corrected chi connectivity index (χ1v) is 14.1. The largest absolute Gasteiger partial charge is 0.367 e. The summed E-state index contributed by atoms with van der Waals surface area (Å²) in [7, 11) is -3.95. The zero-order chi connectivity index (χ0) is 25.3. The van der Waals surface area contributed by atoms with Crippen LogP contribution in [0.3, 0.4) is 0 Å². The zero-order valence-electron chi connectivity index (χ0n) is 19.9. The van der Waals surface area contributed by atoms with Crippen LogP contribution in [0.5, 0.6) is 0 Å². The summed E-state index contributed by atoms with van der Waals surface area (Å²) in [5, 5.41) is 8.29. The van der Waals surface area contributed by atoms with E-state index in [0.29, 0.717) is 29.2 Å². The van der Waals surface area contributed by atoms with Gasteiger partial charge in [-0.05, 0) is 61.8 Å². The Hall–Kier alpha value is -2.93. The highest BCUT2D eigenvalue weighted by molar-refractivity contribution is 7.84. The predicted molar refractivity (Wildman–Crippen MR) is 137 cm³/mol. The molecule has 0 unspecified atom stereocenters.